The van der Waals surface area contributed by atoms with Gasteiger partial charge in [0.05, 0.1) is 24.8 Å². The van der Waals surface area contributed by atoms with Crippen LogP contribution >= 0.6 is 23.5 Å². The molecule has 2 aliphatic heterocycles. The van der Waals surface area contributed by atoms with Gasteiger partial charge in [-0.3, -0.25) is 19.1 Å². The quantitative estimate of drug-likeness (QED) is 0.152. The first-order chi connectivity index (χ1) is 26.2. The van der Waals surface area contributed by atoms with Crippen molar-refractivity contribution >= 4 is 41.2 Å². The predicted octanol–water partition coefficient (Wildman–Crippen LogP) is 4.15. The number of ether oxygens (including phenoxy) is 1. The Labute approximate surface area is 331 Å². The first-order valence-electron chi connectivity index (χ1n) is 19.0. The van der Waals surface area contributed by atoms with Crippen molar-refractivity contribution in [2.24, 2.45) is 11.8 Å². The van der Waals surface area contributed by atoms with Gasteiger partial charge in [0.15, 0.2) is 0 Å². The molecule has 0 spiro atoms. The van der Waals surface area contributed by atoms with E-state index >= 15 is 0 Å². The van der Waals surface area contributed by atoms with Crippen LogP contribution in [-0.4, -0.2) is 102 Å². The van der Waals surface area contributed by atoms with E-state index in [4.69, 9.17) is 15.6 Å². The van der Waals surface area contributed by atoms with Crippen LogP contribution in [0.1, 0.15) is 75.0 Å². The number of aliphatic hydroxyl groups excluding tert-OH is 2. The number of phenolic OH excluding ortho intramolecular Hbond substituents is 1. The van der Waals surface area contributed by atoms with Crippen molar-refractivity contribution in [3.63, 3.8) is 0 Å². The lowest BCUT2D eigenvalue weighted by Crippen LogP contribution is -2.60. The molecule has 3 aromatic rings. The molecule has 0 unspecified atom stereocenters. The molecular formula is C40H56N6O7S2. The lowest BCUT2D eigenvalue weighted by molar-refractivity contribution is -0.132. The lowest BCUT2D eigenvalue weighted by Gasteiger charge is -2.47. The van der Waals surface area contributed by atoms with Crippen LogP contribution in [0.3, 0.4) is 0 Å². The summed E-state index contributed by atoms with van der Waals surface area (Å²) in [6.45, 7) is 8.70. The lowest BCUT2D eigenvalue weighted by atomic mass is 9.72. The second-order valence-electron chi connectivity index (χ2n) is 15.5. The number of nitrogens with two attached hydrogens (primary N) is 1. The van der Waals surface area contributed by atoms with Gasteiger partial charge in [0.1, 0.15) is 23.2 Å². The molecule has 300 valence electrons. The maximum atomic E-state index is 13.5. The van der Waals surface area contributed by atoms with Gasteiger partial charge in [-0.15, -0.1) is 23.5 Å². The number of piperidine rings is 1. The summed E-state index contributed by atoms with van der Waals surface area (Å²) in [7, 11) is 0. The summed E-state index contributed by atoms with van der Waals surface area (Å²) < 4.78 is 6.79. The minimum Gasteiger partial charge on any atom is -0.508 e. The number of nitrogens with zero attached hydrogens (tertiary/aromatic N) is 3. The smallest absolute Gasteiger partial charge is 0.351 e. The van der Waals surface area contributed by atoms with Gasteiger partial charge in [0.2, 0.25) is 5.91 Å². The number of anilines is 1. The van der Waals surface area contributed by atoms with Crippen molar-refractivity contribution < 1.29 is 29.6 Å². The molecule has 3 fully saturated rings. The summed E-state index contributed by atoms with van der Waals surface area (Å²) >= 11 is 3.04. The van der Waals surface area contributed by atoms with Crippen molar-refractivity contribution in [1.82, 2.24) is 25.1 Å². The number of nitrogen functional groups attached to an aromatic ring is 1. The number of amides is 2. The molecule has 0 radical (unpaired) electrons. The molecule has 3 heterocycles. The van der Waals surface area contributed by atoms with Gasteiger partial charge >= 0.3 is 5.69 Å². The largest absolute Gasteiger partial charge is 0.508 e. The summed E-state index contributed by atoms with van der Waals surface area (Å²) in [4.78, 5) is 45.0. The average Bonchev–Trinajstić information content (AvgIpc) is 3.63. The normalized spacial score (nSPS) is 23.8. The second kappa shape index (κ2) is 19.5. The second-order valence-corrected chi connectivity index (χ2v) is 17.8. The van der Waals surface area contributed by atoms with Gasteiger partial charge in [0, 0.05) is 52.4 Å². The SMILES string of the molecule is Cc1c(O)cccc1C(=O)N[C@@H](CSc1ccccc1)[C@H](O)CN1C[C@H]2CCCC[C@H]2C[C@H]1C(=O)NC(C)(C)C.Nc1ccn([C@H]2CS[C@@H](CO)O2)c(=O)n1. The number of hydrogen-bond acceptors (Lipinski definition) is 12. The minimum atomic E-state index is -0.886. The van der Waals surface area contributed by atoms with E-state index in [1.165, 1.54) is 29.2 Å². The topological polar surface area (TPSA) is 192 Å². The Morgan fingerprint density at radius 2 is 1.82 bits per heavy atom. The highest BCUT2D eigenvalue weighted by molar-refractivity contribution is 8.00. The van der Waals surface area contributed by atoms with E-state index in [9.17, 15) is 24.6 Å². The standard InChI is InChI=1S/C32H45N3O4S.C8H11N3O3S/c1-21-25(15-10-16-28(21)36)30(38)33-26(20-40-24-13-6-5-7-14-24)29(37)19-35-18-23-12-9-8-11-22(23)17-27(35)31(39)34-32(2,3)4;9-5-1-2-11(8(13)10-5)6-4-15-7(3-12)14-6/h5-7,10,13-16,22-23,26-27,29,36-37H,8-9,11-12,17-20H2,1-4H3,(H,33,38)(H,34,39);1-2,6-7,12H,3-4H2,(H2,9,10,13)/t22-,23+,26-,27-,29+;6-,7+/m01/s1. The number of thioether (sulfide) groups is 2. The molecule has 2 amide bonds. The van der Waals surface area contributed by atoms with E-state index < -0.39 is 17.8 Å². The van der Waals surface area contributed by atoms with Crippen LogP contribution in [0.15, 0.2) is 70.5 Å². The molecule has 15 heteroatoms. The predicted molar refractivity (Wildman–Crippen MR) is 217 cm³/mol. The molecule has 13 nitrogen and oxygen atoms in total. The number of carbonyl (C=O) groups excluding carboxylic acids is 2. The number of benzene rings is 2. The van der Waals surface area contributed by atoms with Crippen molar-refractivity contribution in [2.75, 3.05) is 36.9 Å². The number of fused-ring (bicyclic) bond motifs is 1. The summed E-state index contributed by atoms with van der Waals surface area (Å²) in [6, 6.07) is 15.5. The number of aromatic nitrogens is 2. The fraction of sp³-hybridized carbons (Fsp3) is 0.550. The van der Waals surface area contributed by atoms with Crippen LogP contribution in [0, 0.1) is 18.8 Å². The zero-order valence-corrected chi connectivity index (χ0v) is 33.7. The Hall–Kier alpha value is -3.60. The number of nitrogens with one attached hydrogen (secondary N) is 2. The van der Waals surface area contributed by atoms with E-state index in [2.05, 4.69) is 20.5 Å². The summed E-state index contributed by atoms with van der Waals surface area (Å²) in [5.41, 5.74) is 5.22. The first kappa shape index (κ1) is 42.5. The highest BCUT2D eigenvalue weighted by Crippen LogP contribution is 2.39. The van der Waals surface area contributed by atoms with Gasteiger partial charge in [-0.25, -0.2) is 4.79 Å². The van der Waals surface area contributed by atoms with Crippen molar-refractivity contribution in [3.8, 4) is 5.75 Å². The van der Waals surface area contributed by atoms with Gasteiger partial charge in [0.25, 0.3) is 5.91 Å². The van der Waals surface area contributed by atoms with E-state index in [1.807, 2.05) is 51.1 Å². The Kier molecular flexibility index (Phi) is 15.1. The fourth-order valence-corrected chi connectivity index (χ4v) is 9.35. The number of hydrogen-bond donors (Lipinski definition) is 6. The maximum Gasteiger partial charge on any atom is 0.351 e. The average molecular weight is 797 g/mol. The highest BCUT2D eigenvalue weighted by atomic mass is 32.2. The molecule has 0 bridgehead atoms. The number of rotatable bonds is 11. The number of likely N-dealkylation sites (tertiary alicyclic amines) is 1. The molecule has 3 aliphatic rings. The minimum absolute atomic E-state index is 0.0124. The summed E-state index contributed by atoms with van der Waals surface area (Å²) in [5.74, 6) is 2.09. The molecule has 1 aromatic heterocycles. The molecule has 55 heavy (non-hydrogen) atoms. The number of aromatic hydroxyl groups is 1. The molecule has 7 atom stereocenters. The van der Waals surface area contributed by atoms with Crippen LogP contribution in [-0.2, 0) is 9.53 Å². The van der Waals surface area contributed by atoms with Crippen LogP contribution in [0.2, 0.25) is 0 Å². The monoisotopic (exact) mass is 796 g/mol. The summed E-state index contributed by atoms with van der Waals surface area (Å²) in [6.07, 6.45) is 5.85. The van der Waals surface area contributed by atoms with E-state index in [1.54, 1.807) is 49.1 Å². The third kappa shape index (κ3) is 11.9. The number of aliphatic hydroxyl groups is 2. The van der Waals surface area contributed by atoms with E-state index in [0.29, 0.717) is 41.0 Å². The third-order valence-electron chi connectivity index (χ3n) is 10.3. The first-order valence-corrected chi connectivity index (χ1v) is 21.0. The van der Waals surface area contributed by atoms with E-state index in [0.717, 1.165) is 30.7 Å². The Morgan fingerprint density at radius 1 is 1.09 bits per heavy atom. The van der Waals surface area contributed by atoms with Crippen molar-refractivity contribution in [3.05, 3.63) is 82.4 Å². The molecule has 2 saturated heterocycles. The van der Waals surface area contributed by atoms with Gasteiger partial charge < -0.3 is 36.4 Å². The van der Waals surface area contributed by atoms with Gasteiger partial charge in [-0.05, 0) is 82.7 Å². The molecule has 1 aliphatic carbocycles. The number of phenols is 1. The van der Waals surface area contributed by atoms with E-state index in [-0.39, 0.29) is 53.2 Å². The van der Waals surface area contributed by atoms with Gasteiger partial charge in [-0.2, -0.15) is 4.98 Å². The number of carbonyl (C=O) groups is 2. The highest BCUT2D eigenvalue weighted by Gasteiger charge is 2.42. The fourth-order valence-electron chi connectivity index (χ4n) is 7.39. The summed E-state index contributed by atoms with van der Waals surface area (Å²) in [5, 5.41) is 36.9. The van der Waals surface area contributed by atoms with Crippen LogP contribution in [0.5, 0.6) is 5.75 Å². The Balaban J connectivity index is 0.000000321. The van der Waals surface area contributed by atoms with Crippen LogP contribution < -0.4 is 22.1 Å². The molecule has 2 aromatic carbocycles. The van der Waals surface area contributed by atoms with Crippen LogP contribution in [0.4, 0.5) is 5.82 Å². The zero-order chi connectivity index (χ0) is 39.7. The third-order valence-corrected chi connectivity index (χ3v) is 12.5. The number of β-amino-alcohol motifs (C(OH)–C–C–N with tert-alkyl or cyclic N) is 1. The maximum absolute atomic E-state index is 13.5. The molecule has 7 N–H and O–H groups in total. The molecule has 6 rings (SSSR count). The Bertz CT molecular complexity index is 1790. The molecule has 1 saturated carbocycles. The van der Waals surface area contributed by atoms with Crippen LogP contribution in [0.25, 0.3) is 0 Å². The van der Waals surface area contributed by atoms with Crippen molar-refractivity contribution in [2.45, 2.75) is 100 Å². The Morgan fingerprint density at radius 3 is 2.49 bits per heavy atom. The zero-order valence-electron chi connectivity index (χ0n) is 32.1. The van der Waals surface area contributed by atoms with Gasteiger partial charge in [-0.1, -0.05) is 43.5 Å². The van der Waals surface area contributed by atoms with Crippen molar-refractivity contribution in [1.29, 1.82) is 0 Å². The molecular weight excluding hydrogens is 741 g/mol.